The number of fused-ring (bicyclic) bond motifs is 2. The summed E-state index contributed by atoms with van der Waals surface area (Å²) < 4.78 is 5.28. The molecule has 1 aliphatic heterocycles. The molecule has 1 aromatic carbocycles. The highest BCUT2D eigenvalue weighted by molar-refractivity contribution is 5.81. The van der Waals surface area contributed by atoms with Gasteiger partial charge in [0.1, 0.15) is 5.75 Å². The van der Waals surface area contributed by atoms with Gasteiger partial charge in [0, 0.05) is 36.2 Å². The van der Waals surface area contributed by atoms with Crippen molar-refractivity contribution < 1.29 is 9.84 Å². The van der Waals surface area contributed by atoms with Gasteiger partial charge in [0.05, 0.1) is 13.2 Å². The highest BCUT2D eigenvalue weighted by atomic mass is 16.5. The fourth-order valence-corrected chi connectivity index (χ4v) is 4.12. The summed E-state index contributed by atoms with van der Waals surface area (Å²) in [7, 11) is 1.70. The van der Waals surface area contributed by atoms with Gasteiger partial charge in [-0.05, 0) is 48.9 Å². The first-order valence-corrected chi connectivity index (χ1v) is 7.77. The first-order chi connectivity index (χ1) is 10.2. The number of H-pyrrole nitrogens is 1. The van der Waals surface area contributed by atoms with Crippen LogP contribution in [-0.4, -0.2) is 41.3 Å². The van der Waals surface area contributed by atoms with E-state index in [1.54, 1.807) is 7.11 Å². The average Bonchev–Trinajstić information content (AvgIpc) is 3.09. The molecule has 21 heavy (non-hydrogen) atoms. The standard InChI is InChI=1S/C17H22N2O2/c1-21-16-2-3-17-11(7-16)4-14(18-17)10-19-8-12-5-15(20)6-13(12)9-19/h2-4,7,12-13,15,18,20H,5-6,8-10H2,1H3/t12-,13+,15?. The Morgan fingerprint density at radius 2 is 2.00 bits per heavy atom. The molecule has 4 heteroatoms. The Hall–Kier alpha value is -1.52. The van der Waals surface area contributed by atoms with E-state index in [9.17, 15) is 5.11 Å². The van der Waals surface area contributed by atoms with Crippen molar-refractivity contribution in [3.05, 3.63) is 30.0 Å². The minimum absolute atomic E-state index is 0.0531. The van der Waals surface area contributed by atoms with E-state index in [1.807, 2.05) is 6.07 Å². The quantitative estimate of drug-likeness (QED) is 0.911. The third-order valence-corrected chi connectivity index (χ3v) is 5.08. The summed E-state index contributed by atoms with van der Waals surface area (Å²) in [5.74, 6) is 2.30. The van der Waals surface area contributed by atoms with Crippen LogP contribution < -0.4 is 4.74 Å². The summed E-state index contributed by atoms with van der Waals surface area (Å²) in [6.07, 6.45) is 1.93. The molecule has 1 aliphatic carbocycles. The van der Waals surface area contributed by atoms with Crippen LogP contribution in [0.5, 0.6) is 5.75 Å². The number of nitrogens with zero attached hydrogens (tertiary/aromatic N) is 1. The van der Waals surface area contributed by atoms with Gasteiger partial charge in [0.25, 0.3) is 0 Å². The molecule has 3 atom stereocenters. The number of ether oxygens (including phenoxy) is 1. The van der Waals surface area contributed by atoms with Crippen LogP contribution in [0.1, 0.15) is 18.5 Å². The molecule has 2 aliphatic rings. The molecule has 2 heterocycles. The van der Waals surface area contributed by atoms with Crippen molar-refractivity contribution in [3.63, 3.8) is 0 Å². The Balaban J connectivity index is 1.48. The summed E-state index contributed by atoms with van der Waals surface area (Å²) in [4.78, 5) is 6.02. The number of aromatic amines is 1. The minimum Gasteiger partial charge on any atom is -0.497 e. The first kappa shape index (κ1) is 13.2. The predicted octanol–water partition coefficient (Wildman–Crippen LogP) is 2.38. The Bertz CT molecular complexity index is 637. The van der Waals surface area contributed by atoms with E-state index < -0.39 is 0 Å². The van der Waals surface area contributed by atoms with Gasteiger partial charge in [-0.25, -0.2) is 0 Å². The van der Waals surface area contributed by atoms with Crippen molar-refractivity contribution in [1.82, 2.24) is 9.88 Å². The number of aromatic nitrogens is 1. The normalized spacial score (nSPS) is 29.1. The van der Waals surface area contributed by atoms with Gasteiger partial charge < -0.3 is 14.8 Å². The molecule has 2 N–H and O–H groups in total. The molecule has 0 bridgehead atoms. The van der Waals surface area contributed by atoms with Crippen molar-refractivity contribution in [2.75, 3.05) is 20.2 Å². The lowest BCUT2D eigenvalue weighted by atomic mass is 10.0. The van der Waals surface area contributed by atoms with Crippen LogP contribution in [0.4, 0.5) is 0 Å². The molecular formula is C17H22N2O2. The summed E-state index contributed by atoms with van der Waals surface area (Å²) >= 11 is 0. The molecule has 1 unspecified atom stereocenters. The van der Waals surface area contributed by atoms with Gasteiger partial charge in [0.15, 0.2) is 0 Å². The summed E-state index contributed by atoms with van der Waals surface area (Å²) in [6, 6.07) is 8.36. The third-order valence-electron chi connectivity index (χ3n) is 5.08. The third kappa shape index (κ3) is 2.43. The lowest BCUT2D eigenvalue weighted by Crippen LogP contribution is -2.22. The first-order valence-electron chi connectivity index (χ1n) is 7.77. The lowest BCUT2D eigenvalue weighted by molar-refractivity contribution is 0.161. The molecule has 112 valence electrons. The van der Waals surface area contributed by atoms with Gasteiger partial charge in [-0.15, -0.1) is 0 Å². The number of likely N-dealkylation sites (tertiary alicyclic amines) is 1. The molecular weight excluding hydrogens is 264 g/mol. The molecule has 4 rings (SSSR count). The molecule has 0 radical (unpaired) electrons. The molecule has 4 nitrogen and oxygen atoms in total. The van der Waals surface area contributed by atoms with Crippen LogP contribution in [0.15, 0.2) is 24.3 Å². The second-order valence-electron chi connectivity index (χ2n) is 6.59. The maximum atomic E-state index is 9.72. The lowest BCUT2D eigenvalue weighted by Gasteiger charge is -2.16. The number of methoxy groups -OCH3 is 1. The van der Waals surface area contributed by atoms with Crippen LogP contribution in [-0.2, 0) is 6.54 Å². The minimum atomic E-state index is -0.0531. The van der Waals surface area contributed by atoms with Crippen molar-refractivity contribution >= 4 is 10.9 Å². The van der Waals surface area contributed by atoms with Crippen LogP contribution in [0.2, 0.25) is 0 Å². The zero-order valence-corrected chi connectivity index (χ0v) is 12.4. The van der Waals surface area contributed by atoms with Gasteiger partial charge in [0.2, 0.25) is 0 Å². The fraction of sp³-hybridized carbons (Fsp3) is 0.529. The smallest absolute Gasteiger partial charge is 0.119 e. The molecule has 0 amide bonds. The van der Waals surface area contributed by atoms with E-state index >= 15 is 0 Å². The molecule has 2 aromatic rings. The van der Waals surface area contributed by atoms with Crippen molar-refractivity contribution in [2.24, 2.45) is 11.8 Å². The van der Waals surface area contributed by atoms with E-state index in [-0.39, 0.29) is 6.10 Å². The van der Waals surface area contributed by atoms with Gasteiger partial charge in [-0.2, -0.15) is 0 Å². The maximum absolute atomic E-state index is 9.72. The second-order valence-corrected chi connectivity index (χ2v) is 6.59. The van der Waals surface area contributed by atoms with E-state index in [1.165, 1.54) is 16.6 Å². The summed E-state index contributed by atoms with van der Waals surface area (Å²) in [5.41, 5.74) is 2.43. The maximum Gasteiger partial charge on any atom is 0.119 e. The van der Waals surface area contributed by atoms with E-state index in [2.05, 4.69) is 28.1 Å². The monoisotopic (exact) mass is 286 g/mol. The number of aliphatic hydroxyl groups is 1. The summed E-state index contributed by atoms with van der Waals surface area (Å²) in [6.45, 7) is 3.22. The van der Waals surface area contributed by atoms with Gasteiger partial charge in [-0.3, -0.25) is 4.90 Å². The number of hydrogen-bond acceptors (Lipinski definition) is 3. The van der Waals surface area contributed by atoms with E-state index in [4.69, 9.17) is 4.74 Å². The van der Waals surface area contributed by atoms with Crippen LogP contribution >= 0.6 is 0 Å². The Morgan fingerprint density at radius 3 is 2.71 bits per heavy atom. The molecule has 0 spiro atoms. The predicted molar refractivity (Wildman–Crippen MR) is 82.3 cm³/mol. The SMILES string of the molecule is COc1ccc2[nH]c(CN3C[C@H]4CC(O)C[C@H]4C3)cc2c1. The number of rotatable bonds is 3. The van der Waals surface area contributed by atoms with Gasteiger partial charge in [-0.1, -0.05) is 0 Å². The average molecular weight is 286 g/mol. The number of benzene rings is 1. The number of hydrogen-bond donors (Lipinski definition) is 2. The molecule has 1 saturated heterocycles. The Labute approximate surface area is 124 Å². The largest absolute Gasteiger partial charge is 0.497 e. The zero-order chi connectivity index (χ0) is 14.4. The Kier molecular flexibility index (Phi) is 3.16. The van der Waals surface area contributed by atoms with Crippen LogP contribution in [0, 0.1) is 11.8 Å². The highest BCUT2D eigenvalue weighted by Gasteiger charge is 2.40. The topological polar surface area (TPSA) is 48.5 Å². The zero-order valence-electron chi connectivity index (χ0n) is 12.4. The number of nitrogens with one attached hydrogen (secondary N) is 1. The van der Waals surface area contributed by atoms with Crippen LogP contribution in [0.3, 0.4) is 0 Å². The Morgan fingerprint density at radius 1 is 1.24 bits per heavy atom. The van der Waals surface area contributed by atoms with Crippen molar-refractivity contribution in [3.8, 4) is 5.75 Å². The molecule has 2 fully saturated rings. The fourth-order valence-electron chi connectivity index (χ4n) is 4.12. The van der Waals surface area contributed by atoms with Crippen LogP contribution in [0.25, 0.3) is 10.9 Å². The van der Waals surface area contributed by atoms with Crippen molar-refractivity contribution in [1.29, 1.82) is 0 Å². The summed E-state index contributed by atoms with van der Waals surface area (Å²) in [5, 5.41) is 10.9. The van der Waals surface area contributed by atoms with Gasteiger partial charge >= 0.3 is 0 Å². The molecule has 1 saturated carbocycles. The van der Waals surface area contributed by atoms with E-state index in [0.29, 0.717) is 11.8 Å². The highest BCUT2D eigenvalue weighted by Crippen LogP contribution is 2.38. The molecule has 1 aromatic heterocycles. The van der Waals surface area contributed by atoms with Crippen molar-refractivity contribution in [2.45, 2.75) is 25.5 Å². The number of aliphatic hydroxyl groups excluding tert-OH is 1. The van der Waals surface area contributed by atoms with E-state index in [0.717, 1.165) is 38.2 Å². The second kappa shape index (κ2) is 5.04.